The summed E-state index contributed by atoms with van der Waals surface area (Å²) in [7, 11) is 0. The van der Waals surface area contributed by atoms with Crippen LogP contribution >= 0.6 is 23.4 Å². The van der Waals surface area contributed by atoms with E-state index in [1.807, 2.05) is 6.08 Å². The van der Waals surface area contributed by atoms with Gasteiger partial charge in [-0.2, -0.15) is 0 Å². The number of carbonyl (C=O) groups is 1. The van der Waals surface area contributed by atoms with Gasteiger partial charge in [-0.25, -0.2) is 9.82 Å². The molecule has 2 aliphatic rings. The van der Waals surface area contributed by atoms with Gasteiger partial charge in [0.2, 0.25) is 0 Å². The highest BCUT2D eigenvalue weighted by molar-refractivity contribution is 8.19. The fourth-order valence-corrected chi connectivity index (χ4v) is 4.22. The number of hydrazine groups is 1. The normalized spacial score (nSPS) is 24.2. The van der Waals surface area contributed by atoms with E-state index in [-0.39, 0.29) is 28.9 Å². The van der Waals surface area contributed by atoms with Crippen molar-refractivity contribution in [3.05, 3.63) is 75.9 Å². The maximum Gasteiger partial charge on any atom is 0.270 e. The largest absolute Gasteiger partial charge is 0.278 e. The fourth-order valence-electron chi connectivity index (χ4n) is 3.19. The van der Waals surface area contributed by atoms with Gasteiger partial charge in [0.05, 0.1) is 16.6 Å². The summed E-state index contributed by atoms with van der Waals surface area (Å²) in [5, 5.41) is 8.92. The minimum atomic E-state index is -0.284. The molecular weight excluding hydrogens is 387 g/mol. The molecule has 2 saturated heterocycles. The van der Waals surface area contributed by atoms with Crippen LogP contribution in [-0.4, -0.2) is 17.6 Å². The molecule has 1 amide bonds. The summed E-state index contributed by atoms with van der Waals surface area (Å²) in [5.41, 5.74) is 7.81. The topological polar surface area (TPSA) is 68.2 Å². The van der Waals surface area contributed by atoms with Gasteiger partial charge in [0, 0.05) is 17.5 Å². The molecule has 2 unspecified atom stereocenters. The lowest BCUT2D eigenvalue weighted by Crippen LogP contribution is -2.28. The number of rotatable bonds is 3. The van der Waals surface area contributed by atoms with E-state index in [1.54, 1.807) is 36.4 Å². The number of hydrogen-bond donors (Lipinski definition) is 3. The predicted octanol–water partition coefficient (Wildman–Crippen LogP) is 3.84. The zero-order valence-corrected chi connectivity index (χ0v) is 15.7. The summed E-state index contributed by atoms with van der Waals surface area (Å²) in [4.78, 5) is 14.7. The van der Waals surface area contributed by atoms with E-state index in [9.17, 15) is 9.18 Å². The van der Waals surface area contributed by atoms with Gasteiger partial charge in [-0.3, -0.25) is 20.5 Å². The maximum absolute atomic E-state index is 13.2. The fraction of sp³-hybridized carbons (Fsp3) is 0.158. The average molecular weight is 403 g/mol. The molecule has 2 fully saturated rings. The molecule has 0 spiro atoms. The van der Waals surface area contributed by atoms with Gasteiger partial charge in [-0.15, -0.1) is 0 Å². The lowest BCUT2D eigenvalue weighted by molar-refractivity contribution is -0.113. The number of thioether (sulfide) groups is 1. The van der Waals surface area contributed by atoms with Gasteiger partial charge < -0.3 is 0 Å². The zero-order chi connectivity index (χ0) is 19.0. The smallest absolute Gasteiger partial charge is 0.270 e. The first-order chi connectivity index (χ1) is 13.0. The minimum Gasteiger partial charge on any atom is -0.278 e. The van der Waals surface area contributed by atoms with Gasteiger partial charge in [-0.1, -0.05) is 29.8 Å². The SMILES string of the molecule is N=C1S/C(=C\C2CNNC2c2ccc(F)cc2)C(=O)N1c1ccc(Cl)cc1. The highest BCUT2D eigenvalue weighted by Gasteiger charge is 2.36. The van der Waals surface area contributed by atoms with Crippen molar-refractivity contribution >= 4 is 40.1 Å². The van der Waals surface area contributed by atoms with Crippen molar-refractivity contribution in [2.45, 2.75) is 6.04 Å². The Morgan fingerprint density at radius 3 is 2.59 bits per heavy atom. The van der Waals surface area contributed by atoms with Gasteiger partial charge in [-0.05, 0) is 53.7 Å². The molecule has 138 valence electrons. The highest BCUT2D eigenvalue weighted by Crippen LogP contribution is 2.37. The number of amidine groups is 1. The first kappa shape index (κ1) is 18.2. The van der Waals surface area contributed by atoms with Crippen LogP contribution in [0.3, 0.4) is 0 Å². The van der Waals surface area contributed by atoms with Crippen molar-refractivity contribution < 1.29 is 9.18 Å². The Morgan fingerprint density at radius 2 is 1.89 bits per heavy atom. The Hall–Kier alpha value is -2.19. The quantitative estimate of drug-likeness (QED) is 0.682. The second-order valence-electron chi connectivity index (χ2n) is 6.27. The van der Waals surface area contributed by atoms with E-state index in [0.717, 1.165) is 17.3 Å². The molecule has 0 bridgehead atoms. The molecule has 4 rings (SSSR count). The maximum atomic E-state index is 13.2. The predicted molar refractivity (Wildman–Crippen MR) is 106 cm³/mol. The van der Waals surface area contributed by atoms with E-state index in [0.29, 0.717) is 22.2 Å². The molecule has 3 N–H and O–H groups in total. The molecule has 2 aromatic carbocycles. The van der Waals surface area contributed by atoms with E-state index in [1.165, 1.54) is 17.0 Å². The van der Waals surface area contributed by atoms with Crippen LogP contribution in [0.1, 0.15) is 11.6 Å². The van der Waals surface area contributed by atoms with Crippen LogP contribution in [0.4, 0.5) is 10.1 Å². The first-order valence-electron chi connectivity index (χ1n) is 8.35. The Morgan fingerprint density at radius 1 is 1.19 bits per heavy atom. The van der Waals surface area contributed by atoms with Gasteiger partial charge in [0.15, 0.2) is 5.17 Å². The van der Waals surface area contributed by atoms with Crippen LogP contribution in [-0.2, 0) is 4.79 Å². The summed E-state index contributed by atoms with van der Waals surface area (Å²) in [6, 6.07) is 13.1. The minimum absolute atomic E-state index is 0.000112. The molecule has 0 aromatic heterocycles. The van der Waals surface area contributed by atoms with Crippen molar-refractivity contribution in [1.82, 2.24) is 10.9 Å². The van der Waals surface area contributed by atoms with E-state index in [2.05, 4.69) is 10.9 Å². The van der Waals surface area contributed by atoms with Crippen LogP contribution in [0, 0.1) is 17.1 Å². The average Bonchev–Trinajstić information content (AvgIpc) is 3.22. The lowest BCUT2D eigenvalue weighted by Gasteiger charge is -2.16. The second kappa shape index (κ2) is 7.44. The van der Waals surface area contributed by atoms with Gasteiger partial charge in [0.25, 0.3) is 5.91 Å². The lowest BCUT2D eigenvalue weighted by atomic mass is 9.94. The summed E-state index contributed by atoms with van der Waals surface area (Å²) >= 11 is 7.05. The van der Waals surface area contributed by atoms with Crippen molar-refractivity contribution in [1.29, 1.82) is 5.41 Å². The highest BCUT2D eigenvalue weighted by atomic mass is 35.5. The standard InChI is InChI=1S/C19H16ClFN4OS/c20-13-3-7-15(8-4-13)25-18(26)16(27-19(25)22)9-12-10-23-24-17(12)11-1-5-14(21)6-2-11/h1-9,12,17,22-24H,10H2/b16-9-,22-19?. The van der Waals surface area contributed by atoms with Gasteiger partial charge in [0.1, 0.15) is 5.82 Å². The molecule has 0 aliphatic carbocycles. The number of halogens is 2. The third-order valence-corrected chi connectivity index (χ3v) is 5.68. The van der Waals surface area contributed by atoms with Crippen molar-refractivity contribution in [2.75, 3.05) is 11.4 Å². The monoisotopic (exact) mass is 402 g/mol. The van der Waals surface area contributed by atoms with Crippen molar-refractivity contribution in [2.24, 2.45) is 5.92 Å². The van der Waals surface area contributed by atoms with E-state index >= 15 is 0 Å². The molecular formula is C19H16ClFN4OS. The molecule has 2 heterocycles. The Bertz CT molecular complexity index is 916. The van der Waals surface area contributed by atoms with Gasteiger partial charge >= 0.3 is 0 Å². The second-order valence-corrected chi connectivity index (χ2v) is 7.74. The van der Waals surface area contributed by atoms with E-state index < -0.39 is 0 Å². The summed E-state index contributed by atoms with van der Waals surface area (Å²) in [5.74, 6) is -0.509. The number of nitrogens with one attached hydrogen (secondary N) is 3. The number of amides is 1. The molecule has 8 heteroatoms. The number of hydrogen-bond acceptors (Lipinski definition) is 5. The van der Waals surface area contributed by atoms with Crippen LogP contribution in [0.15, 0.2) is 59.5 Å². The van der Waals surface area contributed by atoms with Crippen molar-refractivity contribution in [3.63, 3.8) is 0 Å². The number of anilines is 1. The molecule has 27 heavy (non-hydrogen) atoms. The summed E-state index contributed by atoms with van der Waals surface area (Å²) < 4.78 is 13.2. The Labute approximate surface area is 165 Å². The molecule has 2 aromatic rings. The summed E-state index contributed by atoms with van der Waals surface area (Å²) in [6.45, 7) is 0.633. The third-order valence-electron chi connectivity index (χ3n) is 4.53. The third kappa shape index (κ3) is 3.64. The molecule has 0 radical (unpaired) electrons. The van der Waals surface area contributed by atoms with Crippen LogP contribution < -0.4 is 15.8 Å². The number of benzene rings is 2. The summed E-state index contributed by atoms with van der Waals surface area (Å²) in [6.07, 6.45) is 1.89. The Balaban J connectivity index is 1.58. The van der Waals surface area contributed by atoms with E-state index in [4.69, 9.17) is 17.0 Å². The molecule has 5 nitrogen and oxygen atoms in total. The van der Waals surface area contributed by atoms with Crippen LogP contribution in [0.25, 0.3) is 0 Å². The Kier molecular flexibility index (Phi) is 5.01. The first-order valence-corrected chi connectivity index (χ1v) is 9.54. The number of nitrogens with zero attached hydrogens (tertiary/aromatic N) is 1. The molecule has 2 atom stereocenters. The zero-order valence-electron chi connectivity index (χ0n) is 14.1. The van der Waals surface area contributed by atoms with Crippen LogP contribution in [0.5, 0.6) is 0 Å². The van der Waals surface area contributed by atoms with Crippen LogP contribution in [0.2, 0.25) is 5.02 Å². The van der Waals surface area contributed by atoms with Crippen molar-refractivity contribution in [3.8, 4) is 0 Å². The molecule has 0 saturated carbocycles. The molecule has 2 aliphatic heterocycles. The number of carbonyl (C=O) groups excluding carboxylic acids is 1.